The van der Waals surface area contributed by atoms with Crippen LogP contribution in [-0.2, 0) is 30.2 Å². The lowest BCUT2D eigenvalue weighted by molar-refractivity contribution is -0.155. The molecule has 0 N–H and O–H groups in total. The number of hydrogen-bond donors (Lipinski definition) is 0. The highest BCUT2D eigenvalue weighted by atomic mass is 16.6. The Bertz CT molecular complexity index is 2520. The number of carbonyl (C=O) groups is 4. The summed E-state index contributed by atoms with van der Waals surface area (Å²) in [7, 11) is 0. The molecule has 0 aromatic heterocycles. The molecule has 6 rings (SSSR count). The number of nitrogens with zero attached hydrogens (tertiary/aromatic N) is 2. The second kappa shape index (κ2) is 21.3. The Hall–Kier alpha value is -7.08. The molecule has 12 nitrogen and oxygen atoms in total. The van der Waals surface area contributed by atoms with E-state index >= 15 is 0 Å². The molecular weight excluding hydrogens is 861 g/mol. The van der Waals surface area contributed by atoms with Crippen LogP contribution in [0.1, 0.15) is 100 Å². The van der Waals surface area contributed by atoms with Gasteiger partial charge in [-0.3, -0.25) is 0 Å². The third-order valence-corrected chi connectivity index (χ3v) is 11.5. The minimum Gasteiger partial charge on any atom is -0.488 e. The molecular formula is C56H62N2O10. The number of carbonyl (C=O) groups excluding carboxylic acids is 4. The lowest BCUT2D eigenvalue weighted by atomic mass is 9.83. The molecule has 3 aromatic rings. The Morgan fingerprint density at radius 1 is 0.603 bits per heavy atom. The molecule has 0 aliphatic heterocycles. The van der Waals surface area contributed by atoms with E-state index in [1.807, 2.05) is 65.8 Å². The van der Waals surface area contributed by atoms with E-state index in [4.69, 9.17) is 33.5 Å². The van der Waals surface area contributed by atoms with Gasteiger partial charge in [0.05, 0.1) is 29.7 Å². The van der Waals surface area contributed by atoms with Crippen LogP contribution >= 0.6 is 0 Å². The first-order chi connectivity index (χ1) is 32.1. The molecule has 0 amide bonds. The summed E-state index contributed by atoms with van der Waals surface area (Å²) in [5.41, 5.74) is -0.0806. The number of esters is 4. The van der Waals surface area contributed by atoms with Crippen LogP contribution in [0.3, 0.4) is 0 Å². The summed E-state index contributed by atoms with van der Waals surface area (Å²) in [6, 6.07) is 18.6. The van der Waals surface area contributed by atoms with Gasteiger partial charge in [0.25, 0.3) is 0 Å². The summed E-state index contributed by atoms with van der Waals surface area (Å²) in [6.07, 6.45) is 22.1. The fraction of sp³-hybridized carbons (Fsp3) is 0.357. The average molecular weight is 923 g/mol. The van der Waals surface area contributed by atoms with E-state index in [-0.39, 0.29) is 36.0 Å². The van der Waals surface area contributed by atoms with Gasteiger partial charge in [-0.15, -0.1) is 0 Å². The van der Waals surface area contributed by atoms with Crippen LogP contribution in [0, 0.1) is 23.7 Å². The molecule has 0 spiro atoms. The van der Waals surface area contributed by atoms with Crippen LogP contribution in [0.15, 0.2) is 151 Å². The summed E-state index contributed by atoms with van der Waals surface area (Å²) < 4.78 is 35.1. The topological polar surface area (TPSA) is 148 Å². The standard InChI is InChI=1S/C56H62N2O10/c1-11-48(59)67-55(7,8)35-53(3,4)65-41-26-22-38(23-27-41)51(61)63-32-31-37-21-30-47(40(33-37)34-57-58-50-45-19-15-13-17-43(45)44-18-14-16-20-46(44)50)64-52(62)39-24-28-42(29-25-39)66-54(5,6)36-56(9,10)68-49(60)12-2/h11-30,33-34,43-46H,1-2,31-32,35-36H2,3-10H3/b57-34+,58-50?. The maximum atomic E-state index is 13.6. The molecule has 0 saturated heterocycles. The summed E-state index contributed by atoms with van der Waals surface area (Å²) in [5.74, 6) is 0.0286. The quantitative estimate of drug-likeness (QED) is 0.0268. The highest BCUT2D eigenvalue weighted by molar-refractivity contribution is 5.97. The molecule has 4 atom stereocenters. The maximum absolute atomic E-state index is 13.6. The van der Waals surface area contributed by atoms with Crippen molar-refractivity contribution < 1.29 is 47.6 Å². The van der Waals surface area contributed by atoms with Crippen LogP contribution in [0.25, 0.3) is 0 Å². The fourth-order valence-corrected chi connectivity index (χ4v) is 9.32. The number of benzene rings is 3. The Labute approximate surface area is 399 Å². The SMILES string of the molecule is C=CC(=O)OC(C)(C)CC(C)(C)Oc1ccc(C(=O)OCCc2ccc(OC(=O)c3ccc(OC(C)(C)CC(C)(C)OC(=O)C=C)cc3)c(/C=N/N=C3C4C=CC=CC4C4C=CC=CC34)c2)cc1. The van der Waals surface area contributed by atoms with Crippen molar-refractivity contribution in [3.8, 4) is 17.2 Å². The largest absolute Gasteiger partial charge is 0.488 e. The number of fused-ring (bicyclic) bond motifs is 3. The monoisotopic (exact) mass is 922 g/mol. The number of ether oxygens (including phenoxy) is 6. The van der Waals surface area contributed by atoms with Gasteiger partial charge >= 0.3 is 23.9 Å². The van der Waals surface area contributed by atoms with Gasteiger partial charge in [-0.25, -0.2) is 19.2 Å². The van der Waals surface area contributed by atoms with Crippen LogP contribution in [0.2, 0.25) is 0 Å². The zero-order chi connectivity index (χ0) is 49.3. The fourth-order valence-electron chi connectivity index (χ4n) is 9.32. The van der Waals surface area contributed by atoms with Crippen molar-refractivity contribution in [2.24, 2.45) is 33.9 Å². The molecule has 0 heterocycles. The zero-order valence-corrected chi connectivity index (χ0v) is 40.2. The molecule has 1 fully saturated rings. The van der Waals surface area contributed by atoms with Crippen molar-refractivity contribution in [2.75, 3.05) is 6.61 Å². The highest BCUT2D eigenvalue weighted by Crippen LogP contribution is 2.45. The molecule has 0 bridgehead atoms. The van der Waals surface area contributed by atoms with Crippen molar-refractivity contribution in [2.45, 2.75) is 97.1 Å². The lowest BCUT2D eigenvalue weighted by Crippen LogP contribution is -2.40. The molecule has 68 heavy (non-hydrogen) atoms. The first-order valence-corrected chi connectivity index (χ1v) is 22.8. The van der Waals surface area contributed by atoms with Gasteiger partial charge in [0.1, 0.15) is 39.7 Å². The van der Waals surface area contributed by atoms with Gasteiger partial charge in [-0.2, -0.15) is 10.2 Å². The number of allylic oxidation sites excluding steroid dienone is 8. The summed E-state index contributed by atoms with van der Waals surface area (Å²) in [5, 5.41) is 9.36. The van der Waals surface area contributed by atoms with Gasteiger partial charge in [-0.1, -0.05) is 67.8 Å². The predicted molar refractivity (Wildman–Crippen MR) is 263 cm³/mol. The average Bonchev–Trinajstić information content (AvgIpc) is 3.59. The Kier molecular flexibility index (Phi) is 15.7. The van der Waals surface area contributed by atoms with Crippen molar-refractivity contribution in [1.82, 2.24) is 0 Å². The maximum Gasteiger partial charge on any atom is 0.343 e. The summed E-state index contributed by atoms with van der Waals surface area (Å²) >= 11 is 0. The van der Waals surface area contributed by atoms with E-state index in [0.29, 0.717) is 47.5 Å². The van der Waals surface area contributed by atoms with Crippen molar-refractivity contribution in [3.05, 3.63) is 163 Å². The predicted octanol–water partition coefficient (Wildman–Crippen LogP) is 10.9. The zero-order valence-electron chi connectivity index (χ0n) is 40.2. The van der Waals surface area contributed by atoms with Gasteiger partial charge < -0.3 is 28.4 Å². The molecule has 1 saturated carbocycles. The van der Waals surface area contributed by atoms with E-state index in [1.54, 1.807) is 74.7 Å². The summed E-state index contributed by atoms with van der Waals surface area (Å²) in [6.45, 7) is 21.8. The summed E-state index contributed by atoms with van der Waals surface area (Å²) in [4.78, 5) is 50.4. The Morgan fingerprint density at radius 3 is 1.56 bits per heavy atom. The van der Waals surface area contributed by atoms with Crippen LogP contribution in [0.5, 0.6) is 17.2 Å². The molecule has 12 heteroatoms. The van der Waals surface area contributed by atoms with Crippen molar-refractivity contribution in [3.63, 3.8) is 0 Å². The van der Waals surface area contributed by atoms with E-state index in [2.05, 4.69) is 54.7 Å². The van der Waals surface area contributed by atoms with Crippen molar-refractivity contribution >= 4 is 35.8 Å². The first kappa shape index (κ1) is 50.3. The molecule has 0 radical (unpaired) electrons. The van der Waals surface area contributed by atoms with E-state index in [9.17, 15) is 19.2 Å². The molecule has 3 aliphatic carbocycles. The van der Waals surface area contributed by atoms with Crippen LogP contribution in [0.4, 0.5) is 0 Å². The van der Waals surface area contributed by atoms with Gasteiger partial charge in [0, 0.05) is 48.8 Å². The van der Waals surface area contributed by atoms with Crippen LogP contribution < -0.4 is 14.2 Å². The van der Waals surface area contributed by atoms with Gasteiger partial charge in [0.2, 0.25) is 0 Å². The smallest absolute Gasteiger partial charge is 0.343 e. The Morgan fingerprint density at radius 2 is 1.07 bits per heavy atom. The molecule has 356 valence electrons. The van der Waals surface area contributed by atoms with E-state index in [1.165, 1.54) is 0 Å². The molecule has 3 aliphatic rings. The molecule has 4 unspecified atom stereocenters. The van der Waals surface area contributed by atoms with Crippen molar-refractivity contribution in [1.29, 1.82) is 0 Å². The minimum atomic E-state index is -0.809. The highest BCUT2D eigenvalue weighted by Gasteiger charge is 2.45. The normalized spacial score (nSPS) is 18.6. The second-order valence-electron chi connectivity index (χ2n) is 19.6. The number of rotatable bonds is 20. The van der Waals surface area contributed by atoms with Crippen LogP contribution in [-0.4, -0.2) is 64.8 Å². The third-order valence-electron chi connectivity index (χ3n) is 11.5. The minimum absolute atomic E-state index is 0.0786. The second-order valence-corrected chi connectivity index (χ2v) is 19.6. The number of hydrogen-bond acceptors (Lipinski definition) is 12. The van der Waals surface area contributed by atoms with Gasteiger partial charge in [-0.05, 0) is 133 Å². The van der Waals surface area contributed by atoms with E-state index in [0.717, 1.165) is 23.4 Å². The third kappa shape index (κ3) is 13.7. The van der Waals surface area contributed by atoms with E-state index < -0.39 is 46.3 Å². The lowest BCUT2D eigenvalue weighted by Gasteiger charge is -2.34. The first-order valence-electron chi connectivity index (χ1n) is 22.8. The van der Waals surface area contributed by atoms with Gasteiger partial charge in [0.15, 0.2) is 0 Å². The molecule has 3 aromatic carbocycles. The Balaban J connectivity index is 1.14.